The molecule has 3 aromatic rings. The van der Waals surface area contributed by atoms with Crippen LogP contribution in [0.5, 0.6) is 0 Å². The molecule has 0 bridgehead atoms. The molecule has 0 aliphatic carbocycles. The van der Waals surface area contributed by atoms with Crippen LogP contribution in [0.15, 0.2) is 84.9 Å². The maximum absolute atomic E-state index is 12.8. The highest BCUT2D eigenvalue weighted by molar-refractivity contribution is 5.96. The number of hydrogen-bond donors (Lipinski definition) is 7. The molecule has 0 saturated heterocycles. The number of nitrogen functional groups attached to an aromatic ring is 1. The smallest absolute Gasteiger partial charge is 0.245 e. The molecule has 0 aliphatic heterocycles. The second kappa shape index (κ2) is 12.3. The Hall–Kier alpha value is -4.21. The van der Waals surface area contributed by atoms with Crippen molar-refractivity contribution in [1.82, 2.24) is 10.6 Å². The molecule has 0 aromatic heterocycles. The molecule has 3 rings (SSSR count). The molecule has 2 amide bonds. The fourth-order valence-electron chi connectivity index (χ4n) is 3.54. The summed E-state index contributed by atoms with van der Waals surface area (Å²) in [6, 6.07) is 23.7. The topological polar surface area (TPSA) is 161 Å². The van der Waals surface area contributed by atoms with Crippen LogP contribution in [0.3, 0.4) is 0 Å². The van der Waals surface area contributed by atoms with Gasteiger partial charge in [-0.05, 0) is 23.3 Å². The van der Waals surface area contributed by atoms with Gasteiger partial charge in [0.15, 0.2) is 0 Å². The molecule has 0 spiro atoms. The highest BCUT2D eigenvalue weighted by atomic mass is 16.3. The molecule has 2 atom stereocenters. The van der Waals surface area contributed by atoms with Gasteiger partial charge in [0.2, 0.25) is 11.8 Å². The first-order valence-corrected chi connectivity index (χ1v) is 11.1. The summed E-state index contributed by atoms with van der Waals surface area (Å²) in [7, 11) is 0. The van der Waals surface area contributed by atoms with E-state index in [0.29, 0.717) is 11.3 Å². The van der Waals surface area contributed by atoms with Crippen molar-refractivity contribution in [2.24, 2.45) is 5.73 Å². The summed E-state index contributed by atoms with van der Waals surface area (Å²) in [6.45, 7) is -1.01. The van der Waals surface area contributed by atoms with Gasteiger partial charge in [0, 0.05) is 11.3 Å². The van der Waals surface area contributed by atoms with Crippen molar-refractivity contribution in [3.05, 3.63) is 102 Å². The number of aliphatic hydroxyl groups is 2. The first-order chi connectivity index (χ1) is 16.9. The Bertz CT molecular complexity index is 1100. The fraction of sp³-hybridized carbons (Fsp3) is 0.192. The van der Waals surface area contributed by atoms with E-state index in [1.807, 2.05) is 60.7 Å². The lowest BCUT2D eigenvalue weighted by Gasteiger charge is -2.24. The molecule has 182 valence electrons. The third kappa shape index (κ3) is 7.13. The van der Waals surface area contributed by atoms with Crippen LogP contribution in [0, 0.1) is 5.41 Å². The molecule has 3 aromatic carbocycles. The van der Waals surface area contributed by atoms with Gasteiger partial charge in [-0.2, -0.15) is 0 Å². The summed E-state index contributed by atoms with van der Waals surface area (Å²) < 4.78 is 0. The lowest BCUT2D eigenvalue weighted by Crippen LogP contribution is -2.50. The first-order valence-electron chi connectivity index (χ1n) is 11.1. The van der Waals surface area contributed by atoms with Crippen molar-refractivity contribution >= 4 is 23.3 Å². The highest BCUT2D eigenvalue weighted by Crippen LogP contribution is 2.21. The van der Waals surface area contributed by atoms with Crippen LogP contribution in [-0.4, -0.2) is 53.2 Å². The average Bonchev–Trinajstić information content (AvgIpc) is 2.89. The van der Waals surface area contributed by atoms with E-state index in [9.17, 15) is 19.8 Å². The first kappa shape index (κ1) is 25.4. The van der Waals surface area contributed by atoms with Gasteiger partial charge in [0.05, 0.1) is 19.2 Å². The second-order valence-electron chi connectivity index (χ2n) is 7.91. The van der Waals surface area contributed by atoms with E-state index in [-0.39, 0.29) is 12.4 Å². The van der Waals surface area contributed by atoms with Crippen molar-refractivity contribution in [2.75, 3.05) is 18.5 Å². The number of nitrogens with one attached hydrogen (secondary N) is 4. The standard InChI is InChI=1S/C26H29N5O4/c27-25(28)19-12-7-13-20(14-19)30-24(21(33)16-32)26(35)29-15-22(34)31-23(17-8-3-1-4-9-17)18-10-5-2-6-11-18/h1-14,21,23-24,30,32-33H,15-16H2,(H3,27,28)(H,29,35)(H,31,34). The summed E-state index contributed by atoms with van der Waals surface area (Å²) in [6.07, 6.45) is -1.43. The summed E-state index contributed by atoms with van der Waals surface area (Å²) in [5, 5.41) is 35.4. The van der Waals surface area contributed by atoms with E-state index in [1.54, 1.807) is 24.3 Å². The van der Waals surface area contributed by atoms with Crippen LogP contribution in [0.1, 0.15) is 22.7 Å². The lowest BCUT2D eigenvalue weighted by atomic mass is 9.99. The van der Waals surface area contributed by atoms with Crippen molar-refractivity contribution in [3.8, 4) is 0 Å². The summed E-state index contributed by atoms with van der Waals surface area (Å²) in [4.78, 5) is 25.6. The van der Waals surface area contributed by atoms with Gasteiger partial charge in [-0.15, -0.1) is 0 Å². The number of amidine groups is 1. The average molecular weight is 476 g/mol. The van der Waals surface area contributed by atoms with Crippen LogP contribution < -0.4 is 21.7 Å². The third-order valence-electron chi connectivity index (χ3n) is 5.34. The van der Waals surface area contributed by atoms with Crippen molar-refractivity contribution < 1.29 is 19.8 Å². The van der Waals surface area contributed by atoms with Crippen molar-refractivity contribution in [1.29, 1.82) is 5.41 Å². The molecule has 0 aliphatic rings. The molecule has 9 heteroatoms. The van der Waals surface area contributed by atoms with Gasteiger partial charge in [-0.25, -0.2) is 0 Å². The van der Waals surface area contributed by atoms with Crippen LogP contribution in [0.2, 0.25) is 0 Å². The molecule has 0 radical (unpaired) electrons. The number of carbonyl (C=O) groups is 2. The minimum absolute atomic E-state index is 0.152. The summed E-state index contributed by atoms with van der Waals surface area (Å²) >= 11 is 0. The van der Waals surface area contributed by atoms with Gasteiger partial charge in [0.25, 0.3) is 0 Å². The predicted molar refractivity (Wildman–Crippen MR) is 134 cm³/mol. The number of carbonyl (C=O) groups excluding carboxylic acids is 2. The Morgan fingerprint density at radius 1 is 0.914 bits per heavy atom. The van der Waals surface area contributed by atoms with E-state index >= 15 is 0 Å². The van der Waals surface area contributed by atoms with Gasteiger partial charge in [-0.1, -0.05) is 72.8 Å². The Morgan fingerprint density at radius 3 is 2.06 bits per heavy atom. The highest BCUT2D eigenvalue weighted by Gasteiger charge is 2.27. The van der Waals surface area contributed by atoms with Crippen LogP contribution in [0.25, 0.3) is 0 Å². The lowest BCUT2D eigenvalue weighted by molar-refractivity contribution is -0.128. The minimum Gasteiger partial charge on any atom is -0.394 e. The Balaban J connectivity index is 1.67. The number of rotatable bonds is 11. The molecule has 0 heterocycles. The Kier molecular flexibility index (Phi) is 8.94. The molecule has 2 unspecified atom stereocenters. The zero-order chi connectivity index (χ0) is 25.2. The molecule has 0 fully saturated rings. The number of hydrogen-bond acceptors (Lipinski definition) is 6. The van der Waals surface area contributed by atoms with E-state index in [1.165, 1.54) is 0 Å². The van der Waals surface area contributed by atoms with Gasteiger partial charge >= 0.3 is 0 Å². The van der Waals surface area contributed by atoms with Gasteiger partial charge in [-0.3, -0.25) is 15.0 Å². The van der Waals surface area contributed by atoms with E-state index < -0.39 is 36.6 Å². The van der Waals surface area contributed by atoms with E-state index in [0.717, 1.165) is 11.1 Å². The molecule has 0 saturated carbocycles. The minimum atomic E-state index is -1.43. The van der Waals surface area contributed by atoms with Crippen molar-refractivity contribution in [3.63, 3.8) is 0 Å². The van der Waals surface area contributed by atoms with Crippen LogP contribution >= 0.6 is 0 Å². The zero-order valence-corrected chi connectivity index (χ0v) is 19.0. The predicted octanol–water partition coefficient (Wildman–Crippen LogP) is 1.13. The maximum atomic E-state index is 12.8. The van der Waals surface area contributed by atoms with Crippen molar-refractivity contribution in [2.45, 2.75) is 18.2 Å². The third-order valence-corrected chi connectivity index (χ3v) is 5.34. The summed E-state index contributed by atoms with van der Waals surface area (Å²) in [5.41, 5.74) is 8.13. The Morgan fingerprint density at radius 2 is 1.51 bits per heavy atom. The molecule has 9 nitrogen and oxygen atoms in total. The monoisotopic (exact) mass is 475 g/mol. The maximum Gasteiger partial charge on any atom is 0.245 e. The SMILES string of the molecule is N=C(N)c1cccc(NC(C(=O)NCC(=O)NC(c2ccccc2)c2ccccc2)C(O)CO)c1. The molecular weight excluding hydrogens is 446 g/mol. The molecule has 8 N–H and O–H groups in total. The normalized spacial score (nSPS) is 12.4. The van der Waals surface area contributed by atoms with Crippen LogP contribution in [0.4, 0.5) is 5.69 Å². The Labute approximate surface area is 203 Å². The second-order valence-corrected chi connectivity index (χ2v) is 7.91. The van der Waals surface area contributed by atoms with Gasteiger partial charge < -0.3 is 31.9 Å². The number of amides is 2. The number of benzene rings is 3. The van der Waals surface area contributed by atoms with Gasteiger partial charge in [0.1, 0.15) is 18.0 Å². The molecular formula is C26H29N5O4. The van der Waals surface area contributed by atoms with E-state index in [2.05, 4.69) is 16.0 Å². The number of aliphatic hydroxyl groups excluding tert-OH is 2. The number of nitrogens with two attached hydrogens (primary N) is 1. The largest absolute Gasteiger partial charge is 0.394 e. The quantitative estimate of drug-likeness (QED) is 0.162. The zero-order valence-electron chi connectivity index (χ0n) is 19.0. The summed E-state index contributed by atoms with van der Waals surface area (Å²) in [5.74, 6) is -1.25. The molecule has 35 heavy (non-hydrogen) atoms. The van der Waals surface area contributed by atoms with Crippen LogP contribution in [-0.2, 0) is 9.59 Å². The van der Waals surface area contributed by atoms with E-state index in [4.69, 9.17) is 11.1 Å². The number of anilines is 1. The fourth-order valence-corrected chi connectivity index (χ4v) is 3.54.